The highest BCUT2D eigenvalue weighted by Gasteiger charge is 2.33. The van der Waals surface area contributed by atoms with Crippen molar-refractivity contribution in [3.8, 4) is 0 Å². The van der Waals surface area contributed by atoms with Crippen LogP contribution in [0.2, 0.25) is 0 Å². The standard InChI is InChI=1S/C24H33FN2O3/c1-3-21(28)7-9-23(29)26-13-10-18(11-14-26)24(30)27-12-4-5-19(16-27)22-8-6-20(25)15-17(22)2/h6,8,15,18-19H,3-5,7,9-14,16H2,1-2H3. The molecule has 0 saturated carbocycles. The number of Topliss-reactive ketones (excluding diaryl/α,β-unsaturated/α-hetero) is 1. The molecule has 0 aromatic heterocycles. The van der Waals surface area contributed by atoms with Gasteiger partial charge in [0.15, 0.2) is 0 Å². The van der Waals surface area contributed by atoms with Crippen LogP contribution in [0.3, 0.4) is 0 Å². The highest BCUT2D eigenvalue weighted by Crippen LogP contribution is 2.31. The van der Waals surface area contributed by atoms with Crippen molar-refractivity contribution in [2.45, 2.75) is 64.7 Å². The molecule has 2 aliphatic rings. The van der Waals surface area contributed by atoms with Crippen LogP contribution in [0.4, 0.5) is 4.39 Å². The molecule has 0 spiro atoms. The predicted octanol–water partition coefficient (Wildman–Crippen LogP) is 3.84. The first-order valence-electron chi connectivity index (χ1n) is 11.2. The lowest BCUT2D eigenvalue weighted by Gasteiger charge is -2.38. The molecule has 30 heavy (non-hydrogen) atoms. The van der Waals surface area contributed by atoms with Crippen LogP contribution in [-0.2, 0) is 14.4 Å². The lowest BCUT2D eigenvalue weighted by Crippen LogP contribution is -2.47. The smallest absolute Gasteiger partial charge is 0.225 e. The normalized spacial score (nSPS) is 20.3. The number of carbonyl (C=O) groups is 3. The fourth-order valence-corrected chi connectivity index (χ4v) is 4.74. The van der Waals surface area contributed by atoms with Crippen molar-refractivity contribution in [3.05, 3.63) is 35.1 Å². The van der Waals surface area contributed by atoms with Crippen LogP contribution >= 0.6 is 0 Å². The van der Waals surface area contributed by atoms with Gasteiger partial charge in [0, 0.05) is 57.3 Å². The fraction of sp³-hybridized carbons (Fsp3) is 0.625. The molecule has 5 nitrogen and oxygen atoms in total. The molecule has 2 heterocycles. The number of nitrogens with zero attached hydrogens (tertiary/aromatic N) is 2. The van der Waals surface area contributed by atoms with Gasteiger partial charge in [0.25, 0.3) is 0 Å². The number of halogens is 1. The van der Waals surface area contributed by atoms with Crippen LogP contribution in [-0.4, -0.2) is 53.6 Å². The Kier molecular flexibility index (Phi) is 7.62. The second-order valence-corrected chi connectivity index (χ2v) is 8.67. The van der Waals surface area contributed by atoms with Crippen molar-refractivity contribution in [1.82, 2.24) is 9.80 Å². The molecular formula is C24H33FN2O3. The van der Waals surface area contributed by atoms with Gasteiger partial charge in [-0.2, -0.15) is 0 Å². The quantitative estimate of drug-likeness (QED) is 0.708. The Balaban J connectivity index is 1.52. The van der Waals surface area contributed by atoms with Gasteiger partial charge in [-0.25, -0.2) is 4.39 Å². The number of benzene rings is 1. The molecule has 164 valence electrons. The van der Waals surface area contributed by atoms with Gasteiger partial charge in [-0.1, -0.05) is 13.0 Å². The maximum atomic E-state index is 13.4. The second kappa shape index (κ2) is 10.2. The van der Waals surface area contributed by atoms with E-state index < -0.39 is 0 Å². The van der Waals surface area contributed by atoms with Gasteiger partial charge in [-0.3, -0.25) is 14.4 Å². The minimum absolute atomic E-state index is 0.0209. The van der Waals surface area contributed by atoms with Crippen molar-refractivity contribution >= 4 is 17.6 Å². The monoisotopic (exact) mass is 416 g/mol. The first kappa shape index (κ1) is 22.4. The minimum Gasteiger partial charge on any atom is -0.343 e. The van der Waals surface area contributed by atoms with Crippen molar-refractivity contribution in [2.24, 2.45) is 5.92 Å². The summed E-state index contributed by atoms with van der Waals surface area (Å²) >= 11 is 0. The third-order valence-corrected chi connectivity index (χ3v) is 6.61. The first-order chi connectivity index (χ1) is 14.4. The summed E-state index contributed by atoms with van der Waals surface area (Å²) < 4.78 is 13.4. The second-order valence-electron chi connectivity index (χ2n) is 8.67. The average Bonchev–Trinajstić information content (AvgIpc) is 2.77. The Labute approximate surface area is 178 Å². The van der Waals surface area contributed by atoms with Crippen molar-refractivity contribution in [1.29, 1.82) is 0 Å². The Hall–Kier alpha value is -2.24. The molecular weight excluding hydrogens is 383 g/mol. The number of amides is 2. The van der Waals surface area contributed by atoms with E-state index >= 15 is 0 Å². The van der Waals surface area contributed by atoms with E-state index in [-0.39, 0.29) is 41.7 Å². The molecule has 1 unspecified atom stereocenters. The molecule has 2 amide bonds. The largest absolute Gasteiger partial charge is 0.343 e. The highest BCUT2D eigenvalue weighted by atomic mass is 19.1. The van der Waals surface area contributed by atoms with E-state index in [1.165, 1.54) is 6.07 Å². The summed E-state index contributed by atoms with van der Waals surface area (Å²) in [4.78, 5) is 40.6. The summed E-state index contributed by atoms with van der Waals surface area (Å²) in [5.74, 6) is 0.311. The Morgan fingerprint density at radius 1 is 1.03 bits per heavy atom. The van der Waals surface area contributed by atoms with Gasteiger partial charge >= 0.3 is 0 Å². The van der Waals surface area contributed by atoms with Crippen LogP contribution in [0.5, 0.6) is 0 Å². The number of carbonyl (C=O) groups excluding carboxylic acids is 3. The molecule has 2 aliphatic heterocycles. The number of aryl methyl sites for hydroxylation is 1. The van der Waals surface area contributed by atoms with E-state index in [9.17, 15) is 18.8 Å². The number of piperidine rings is 2. The van der Waals surface area contributed by atoms with E-state index in [1.807, 2.05) is 24.8 Å². The number of rotatable bonds is 6. The van der Waals surface area contributed by atoms with Crippen LogP contribution in [0.1, 0.15) is 68.9 Å². The van der Waals surface area contributed by atoms with E-state index in [2.05, 4.69) is 0 Å². The topological polar surface area (TPSA) is 57.7 Å². The zero-order valence-corrected chi connectivity index (χ0v) is 18.2. The number of hydrogen-bond donors (Lipinski definition) is 0. The summed E-state index contributed by atoms with van der Waals surface area (Å²) in [5.41, 5.74) is 2.08. The summed E-state index contributed by atoms with van der Waals surface area (Å²) in [7, 11) is 0. The zero-order valence-electron chi connectivity index (χ0n) is 18.2. The molecule has 3 rings (SSSR count). The molecule has 6 heteroatoms. The third kappa shape index (κ3) is 5.46. The number of ketones is 1. The summed E-state index contributed by atoms with van der Waals surface area (Å²) in [6.45, 7) is 6.37. The Bertz CT molecular complexity index is 787. The lowest BCUT2D eigenvalue weighted by atomic mass is 9.86. The van der Waals surface area contributed by atoms with Crippen LogP contribution in [0.25, 0.3) is 0 Å². The summed E-state index contributed by atoms with van der Waals surface area (Å²) in [6.07, 6.45) is 4.39. The Morgan fingerprint density at radius 3 is 2.43 bits per heavy atom. The van der Waals surface area contributed by atoms with Gasteiger partial charge in [-0.05, 0) is 55.9 Å². The van der Waals surface area contributed by atoms with E-state index in [1.54, 1.807) is 11.0 Å². The van der Waals surface area contributed by atoms with Crippen LogP contribution in [0, 0.1) is 18.7 Å². The van der Waals surface area contributed by atoms with E-state index in [0.717, 1.165) is 30.5 Å². The van der Waals surface area contributed by atoms with Crippen molar-refractivity contribution in [2.75, 3.05) is 26.2 Å². The lowest BCUT2D eigenvalue weighted by molar-refractivity contribution is -0.141. The first-order valence-corrected chi connectivity index (χ1v) is 11.2. The molecule has 1 aromatic rings. The van der Waals surface area contributed by atoms with Gasteiger partial charge in [0.1, 0.15) is 11.6 Å². The van der Waals surface area contributed by atoms with Crippen LogP contribution < -0.4 is 0 Å². The maximum absolute atomic E-state index is 13.4. The predicted molar refractivity (Wildman–Crippen MR) is 114 cm³/mol. The Morgan fingerprint density at radius 2 is 1.77 bits per heavy atom. The van der Waals surface area contributed by atoms with Gasteiger partial charge < -0.3 is 9.80 Å². The van der Waals surface area contributed by atoms with E-state index in [0.29, 0.717) is 45.3 Å². The summed E-state index contributed by atoms with van der Waals surface area (Å²) in [6, 6.07) is 4.93. The van der Waals surface area contributed by atoms with Gasteiger partial charge in [0.2, 0.25) is 11.8 Å². The van der Waals surface area contributed by atoms with E-state index in [4.69, 9.17) is 0 Å². The molecule has 0 N–H and O–H groups in total. The maximum Gasteiger partial charge on any atom is 0.225 e. The molecule has 2 fully saturated rings. The average molecular weight is 417 g/mol. The highest BCUT2D eigenvalue weighted by molar-refractivity contribution is 5.85. The van der Waals surface area contributed by atoms with Gasteiger partial charge in [-0.15, -0.1) is 0 Å². The van der Waals surface area contributed by atoms with Crippen molar-refractivity contribution < 1.29 is 18.8 Å². The molecule has 0 radical (unpaired) electrons. The number of hydrogen-bond acceptors (Lipinski definition) is 3. The summed E-state index contributed by atoms with van der Waals surface area (Å²) in [5, 5.41) is 0. The molecule has 0 bridgehead atoms. The third-order valence-electron chi connectivity index (χ3n) is 6.61. The SMILES string of the molecule is CCC(=O)CCC(=O)N1CCC(C(=O)N2CCCC(c3ccc(F)cc3C)C2)CC1. The molecule has 1 aromatic carbocycles. The zero-order chi connectivity index (χ0) is 21.7. The molecule has 0 aliphatic carbocycles. The van der Waals surface area contributed by atoms with Crippen molar-refractivity contribution in [3.63, 3.8) is 0 Å². The number of likely N-dealkylation sites (tertiary alicyclic amines) is 2. The van der Waals surface area contributed by atoms with Crippen LogP contribution in [0.15, 0.2) is 18.2 Å². The minimum atomic E-state index is -0.222. The molecule has 2 saturated heterocycles. The molecule has 1 atom stereocenters. The fourth-order valence-electron chi connectivity index (χ4n) is 4.74. The van der Waals surface area contributed by atoms with Gasteiger partial charge in [0.05, 0.1) is 0 Å².